The molecule has 2 saturated carbocycles. The normalized spacial score (nSPS) is 32.2. The van der Waals surface area contributed by atoms with E-state index in [1.54, 1.807) is 0 Å². The van der Waals surface area contributed by atoms with E-state index >= 15 is 0 Å². The average molecular weight is 195 g/mol. The highest BCUT2D eigenvalue weighted by Crippen LogP contribution is 2.45. The summed E-state index contributed by atoms with van der Waals surface area (Å²) in [5.74, 6) is 1.38. The summed E-state index contributed by atoms with van der Waals surface area (Å²) in [6.07, 6.45) is 4.59. The molecule has 1 N–H and O–H groups in total. The van der Waals surface area contributed by atoms with E-state index < -0.39 is 0 Å². The summed E-state index contributed by atoms with van der Waals surface area (Å²) in [5, 5.41) is 3.09. The van der Waals surface area contributed by atoms with E-state index in [0.717, 1.165) is 18.8 Å². The van der Waals surface area contributed by atoms with Gasteiger partial charge in [0.1, 0.15) is 0 Å². The molecule has 2 aliphatic carbocycles. The monoisotopic (exact) mass is 195 g/mol. The minimum Gasteiger partial charge on any atom is -0.353 e. The van der Waals surface area contributed by atoms with Gasteiger partial charge in [-0.25, -0.2) is 0 Å². The van der Waals surface area contributed by atoms with Crippen LogP contribution in [0.4, 0.5) is 0 Å². The second-order valence-corrected chi connectivity index (χ2v) is 6.01. The Morgan fingerprint density at radius 2 is 1.79 bits per heavy atom. The maximum absolute atomic E-state index is 11.6. The zero-order valence-corrected chi connectivity index (χ0v) is 9.47. The van der Waals surface area contributed by atoms with Crippen molar-refractivity contribution >= 4 is 5.91 Å². The first kappa shape index (κ1) is 10.0. The molecule has 2 rings (SSSR count). The molecule has 2 nitrogen and oxygen atoms in total. The van der Waals surface area contributed by atoms with Gasteiger partial charge in [-0.3, -0.25) is 4.79 Å². The Balaban J connectivity index is 1.73. The van der Waals surface area contributed by atoms with Gasteiger partial charge >= 0.3 is 0 Å². The van der Waals surface area contributed by atoms with Crippen molar-refractivity contribution in [3.8, 4) is 0 Å². The number of amides is 1. The fourth-order valence-corrected chi connectivity index (χ4v) is 2.09. The molecule has 2 aliphatic rings. The van der Waals surface area contributed by atoms with Gasteiger partial charge in [0.15, 0.2) is 0 Å². The van der Waals surface area contributed by atoms with Crippen LogP contribution in [0.3, 0.4) is 0 Å². The maximum Gasteiger partial charge on any atom is 0.223 e. The molecule has 0 saturated heterocycles. The fourth-order valence-electron chi connectivity index (χ4n) is 2.09. The van der Waals surface area contributed by atoms with Crippen LogP contribution in [-0.4, -0.2) is 11.9 Å². The van der Waals surface area contributed by atoms with Crippen molar-refractivity contribution in [2.24, 2.45) is 17.3 Å². The molecule has 80 valence electrons. The molecule has 0 spiro atoms. The van der Waals surface area contributed by atoms with E-state index in [-0.39, 0.29) is 0 Å². The zero-order valence-electron chi connectivity index (χ0n) is 9.47. The topological polar surface area (TPSA) is 29.1 Å². The van der Waals surface area contributed by atoms with E-state index in [1.165, 1.54) is 12.8 Å². The highest BCUT2D eigenvalue weighted by atomic mass is 16.2. The van der Waals surface area contributed by atoms with Crippen LogP contribution in [0, 0.1) is 17.3 Å². The summed E-state index contributed by atoms with van der Waals surface area (Å²) in [7, 11) is 0. The molecule has 2 heteroatoms. The largest absolute Gasteiger partial charge is 0.353 e. The molecule has 1 amide bonds. The molecule has 0 atom stereocenters. The fraction of sp³-hybridized carbons (Fsp3) is 0.917. The molecule has 0 bridgehead atoms. The maximum atomic E-state index is 11.6. The molecule has 0 radical (unpaired) electrons. The van der Waals surface area contributed by atoms with E-state index in [2.05, 4.69) is 26.1 Å². The van der Waals surface area contributed by atoms with Gasteiger partial charge in [0.05, 0.1) is 0 Å². The number of rotatable bonds is 2. The Morgan fingerprint density at radius 1 is 1.21 bits per heavy atom. The lowest BCUT2D eigenvalue weighted by molar-refractivity contribution is -0.130. The predicted molar refractivity (Wildman–Crippen MR) is 56.8 cm³/mol. The first-order valence-electron chi connectivity index (χ1n) is 5.77. The average Bonchev–Trinajstić information content (AvgIpc) is 2.63. The van der Waals surface area contributed by atoms with Crippen LogP contribution < -0.4 is 5.32 Å². The van der Waals surface area contributed by atoms with Crippen molar-refractivity contribution in [2.45, 2.75) is 52.5 Å². The van der Waals surface area contributed by atoms with Crippen molar-refractivity contribution in [1.29, 1.82) is 0 Å². The van der Waals surface area contributed by atoms with Crippen LogP contribution in [0.5, 0.6) is 0 Å². The molecule has 0 aromatic heterocycles. The van der Waals surface area contributed by atoms with Gasteiger partial charge in [-0.05, 0) is 37.0 Å². The van der Waals surface area contributed by atoms with Crippen molar-refractivity contribution < 1.29 is 4.79 Å². The molecule has 14 heavy (non-hydrogen) atoms. The Bertz CT molecular complexity index is 231. The van der Waals surface area contributed by atoms with Crippen molar-refractivity contribution in [1.82, 2.24) is 5.32 Å². The third kappa shape index (κ3) is 2.10. The zero-order chi connectivity index (χ0) is 10.3. The van der Waals surface area contributed by atoms with Crippen LogP contribution >= 0.6 is 0 Å². The van der Waals surface area contributed by atoms with E-state index in [1.807, 2.05) is 0 Å². The second-order valence-electron chi connectivity index (χ2n) is 6.01. The smallest absolute Gasteiger partial charge is 0.223 e. The highest BCUT2D eigenvalue weighted by Gasteiger charge is 2.41. The molecular weight excluding hydrogens is 174 g/mol. The molecule has 0 aromatic rings. The molecular formula is C12H21NO. The summed E-state index contributed by atoms with van der Waals surface area (Å²) in [6, 6.07) is 0.524. The van der Waals surface area contributed by atoms with Crippen molar-refractivity contribution in [3.05, 3.63) is 0 Å². The quantitative estimate of drug-likeness (QED) is 0.720. The summed E-state index contributed by atoms with van der Waals surface area (Å²) < 4.78 is 0. The molecule has 0 aromatic carbocycles. The molecule has 2 fully saturated rings. The third-order valence-electron chi connectivity index (χ3n) is 3.66. The van der Waals surface area contributed by atoms with Crippen molar-refractivity contribution in [2.75, 3.05) is 0 Å². The highest BCUT2D eigenvalue weighted by molar-refractivity contribution is 5.80. The molecule has 0 aliphatic heterocycles. The molecule has 0 unspecified atom stereocenters. The third-order valence-corrected chi connectivity index (χ3v) is 3.66. The van der Waals surface area contributed by atoms with Crippen LogP contribution in [0.1, 0.15) is 46.5 Å². The van der Waals surface area contributed by atoms with Crippen molar-refractivity contribution in [3.63, 3.8) is 0 Å². The minimum atomic E-state index is 0.313. The van der Waals surface area contributed by atoms with E-state index in [0.29, 0.717) is 23.3 Å². The lowest BCUT2D eigenvalue weighted by Gasteiger charge is -2.42. The first-order valence-corrected chi connectivity index (χ1v) is 5.77. The number of carbonyl (C=O) groups excluding carboxylic acids is 1. The summed E-state index contributed by atoms with van der Waals surface area (Å²) >= 11 is 0. The Hall–Kier alpha value is -0.530. The summed E-state index contributed by atoms with van der Waals surface area (Å²) in [5.41, 5.74) is 0.385. The minimum absolute atomic E-state index is 0.313. The molecule has 0 heterocycles. The van der Waals surface area contributed by atoms with Gasteiger partial charge in [-0.2, -0.15) is 0 Å². The number of hydrogen-bond acceptors (Lipinski definition) is 1. The number of nitrogens with one attached hydrogen (secondary N) is 1. The second kappa shape index (κ2) is 3.25. The van der Waals surface area contributed by atoms with Crippen LogP contribution in [0.25, 0.3) is 0 Å². The van der Waals surface area contributed by atoms with Crippen LogP contribution in [0.2, 0.25) is 0 Å². The summed E-state index contributed by atoms with van der Waals surface area (Å²) in [4.78, 5) is 11.6. The Kier molecular flexibility index (Phi) is 2.32. The van der Waals surface area contributed by atoms with Gasteiger partial charge in [0, 0.05) is 12.0 Å². The number of hydrogen-bond donors (Lipinski definition) is 1. The Morgan fingerprint density at radius 3 is 2.21 bits per heavy atom. The van der Waals surface area contributed by atoms with Gasteiger partial charge < -0.3 is 5.32 Å². The predicted octanol–water partition coefficient (Wildman–Crippen LogP) is 2.34. The van der Waals surface area contributed by atoms with Gasteiger partial charge in [-0.1, -0.05) is 20.8 Å². The first-order chi connectivity index (χ1) is 6.47. The SMILES string of the molecule is CC(C)(C)C1CC(C(=O)NC2CC2)C1. The summed E-state index contributed by atoms with van der Waals surface area (Å²) in [6.45, 7) is 6.81. The van der Waals surface area contributed by atoms with Crippen LogP contribution in [0.15, 0.2) is 0 Å². The van der Waals surface area contributed by atoms with E-state index in [9.17, 15) is 4.79 Å². The lowest BCUT2D eigenvalue weighted by atomic mass is 9.63. The number of carbonyl (C=O) groups is 1. The van der Waals surface area contributed by atoms with Gasteiger partial charge in [0.2, 0.25) is 5.91 Å². The Labute approximate surface area is 86.5 Å². The van der Waals surface area contributed by atoms with E-state index in [4.69, 9.17) is 0 Å². The lowest BCUT2D eigenvalue weighted by Crippen LogP contribution is -2.43. The standard InChI is InChI=1S/C12H21NO/c1-12(2,3)9-6-8(7-9)11(14)13-10-4-5-10/h8-10H,4-7H2,1-3H3,(H,13,14). The van der Waals surface area contributed by atoms with Gasteiger partial charge in [0.25, 0.3) is 0 Å². The van der Waals surface area contributed by atoms with Gasteiger partial charge in [-0.15, -0.1) is 0 Å². The van der Waals surface area contributed by atoms with Crippen LogP contribution in [-0.2, 0) is 4.79 Å².